The smallest absolute Gasteiger partial charge is 0.0317 e. The van der Waals surface area contributed by atoms with Crippen LogP contribution in [0.4, 0.5) is 0 Å². The Kier molecular flexibility index (Phi) is 4.09. The van der Waals surface area contributed by atoms with Crippen molar-refractivity contribution in [2.45, 2.75) is 42.8 Å². The highest BCUT2D eigenvalue weighted by Crippen LogP contribution is 2.40. The lowest BCUT2D eigenvalue weighted by Gasteiger charge is -2.15. The Labute approximate surface area is 106 Å². The summed E-state index contributed by atoms with van der Waals surface area (Å²) in [6.45, 7) is 0. The van der Waals surface area contributed by atoms with Crippen LogP contribution in [-0.2, 0) is 0 Å². The molecule has 2 rings (SSSR count). The lowest BCUT2D eigenvalue weighted by molar-refractivity contribution is 0.607. The molecule has 1 heterocycles. The molecule has 14 heavy (non-hydrogen) atoms. The van der Waals surface area contributed by atoms with Crippen LogP contribution < -0.4 is 0 Å². The van der Waals surface area contributed by atoms with Crippen LogP contribution in [0, 0.1) is 0 Å². The third kappa shape index (κ3) is 2.61. The normalized spacial score (nSPS) is 28.7. The summed E-state index contributed by atoms with van der Waals surface area (Å²) < 4.78 is 1.31. The Morgan fingerprint density at radius 1 is 1.29 bits per heavy atom. The Balaban J connectivity index is 2.13. The van der Waals surface area contributed by atoms with E-state index in [1.54, 1.807) is 4.88 Å². The monoisotopic (exact) mass is 336 g/mol. The Morgan fingerprint density at radius 2 is 2.07 bits per heavy atom. The lowest BCUT2D eigenvalue weighted by atomic mass is 9.99. The van der Waals surface area contributed by atoms with Crippen molar-refractivity contribution in [3.8, 4) is 0 Å². The molecule has 0 N–H and O–H groups in total. The first kappa shape index (κ1) is 11.2. The fourth-order valence-electron chi connectivity index (χ4n) is 2.14. The molecule has 0 bridgehead atoms. The highest BCUT2D eigenvalue weighted by Gasteiger charge is 2.22. The van der Waals surface area contributed by atoms with Gasteiger partial charge in [0.15, 0.2) is 0 Å². The molecular formula is C11H14Br2S. The molecule has 2 atom stereocenters. The summed E-state index contributed by atoms with van der Waals surface area (Å²) in [4.78, 5) is 2.28. The second-order valence-corrected chi connectivity index (χ2v) is 7.04. The molecule has 0 amide bonds. The number of hydrogen-bond acceptors (Lipinski definition) is 1. The molecule has 0 nitrogen and oxygen atoms in total. The van der Waals surface area contributed by atoms with Crippen molar-refractivity contribution >= 4 is 43.2 Å². The third-order valence-corrected chi connectivity index (χ3v) is 5.74. The quantitative estimate of drug-likeness (QED) is 0.480. The summed E-state index contributed by atoms with van der Waals surface area (Å²) >= 11 is 9.32. The van der Waals surface area contributed by atoms with E-state index in [-0.39, 0.29) is 0 Å². The molecule has 1 aliphatic rings. The van der Waals surface area contributed by atoms with Gasteiger partial charge in [-0.1, -0.05) is 28.8 Å². The Morgan fingerprint density at radius 3 is 2.79 bits per heavy atom. The molecule has 78 valence electrons. The molecule has 0 aliphatic heterocycles. The van der Waals surface area contributed by atoms with Crippen LogP contribution in [0.5, 0.6) is 0 Å². The van der Waals surface area contributed by atoms with Crippen molar-refractivity contribution in [1.29, 1.82) is 0 Å². The molecular weight excluding hydrogens is 324 g/mol. The predicted octanol–water partition coefficient (Wildman–Crippen LogP) is 5.32. The number of hydrogen-bond donors (Lipinski definition) is 0. The highest BCUT2D eigenvalue weighted by molar-refractivity contribution is 9.10. The summed E-state index contributed by atoms with van der Waals surface area (Å²) in [6, 6.07) is 2.17. The molecule has 0 spiro atoms. The van der Waals surface area contributed by atoms with Gasteiger partial charge in [-0.05, 0) is 52.6 Å². The van der Waals surface area contributed by atoms with Crippen LogP contribution in [0.1, 0.15) is 42.9 Å². The van der Waals surface area contributed by atoms with Crippen molar-refractivity contribution in [3.05, 3.63) is 20.8 Å². The number of alkyl halides is 1. The summed E-state index contributed by atoms with van der Waals surface area (Å²) in [5, 5.41) is 2.19. The van der Waals surface area contributed by atoms with Crippen LogP contribution in [0.2, 0.25) is 0 Å². The molecule has 1 saturated carbocycles. The number of rotatable bonds is 1. The fourth-order valence-corrected chi connectivity index (χ4v) is 4.76. The molecule has 1 aliphatic carbocycles. The zero-order chi connectivity index (χ0) is 9.97. The molecule has 2 unspecified atom stereocenters. The maximum Gasteiger partial charge on any atom is 0.0317 e. The molecule has 0 saturated heterocycles. The zero-order valence-electron chi connectivity index (χ0n) is 8.01. The summed E-state index contributed by atoms with van der Waals surface area (Å²) in [5.41, 5.74) is 0. The van der Waals surface area contributed by atoms with Crippen molar-refractivity contribution in [1.82, 2.24) is 0 Å². The van der Waals surface area contributed by atoms with Gasteiger partial charge in [0.1, 0.15) is 0 Å². The van der Waals surface area contributed by atoms with Crippen LogP contribution in [0.3, 0.4) is 0 Å². The molecule has 1 aromatic rings. The van der Waals surface area contributed by atoms with Crippen LogP contribution in [-0.4, -0.2) is 4.83 Å². The van der Waals surface area contributed by atoms with E-state index in [0.29, 0.717) is 0 Å². The van der Waals surface area contributed by atoms with E-state index in [9.17, 15) is 0 Å². The Hall–Kier alpha value is 0.660. The van der Waals surface area contributed by atoms with Crippen molar-refractivity contribution in [2.75, 3.05) is 0 Å². The standard InChI is InChI=1S/C11H14Br2S/c12-9-4-2-1-3-8(7-9)11-10(13)5-6-14-11/h5-6,8-9H,1-4,7H2. The topological polar surface area (TPSA) is 0 Å². The highest BCUT2D eigenvalue weighted by atomic mass is 79.9. The van der Waals surface area contributed by atoms with E-state index in [2.05, 4.69) is 43.3 Å². The van der Waals surface area contributed by atoms with Gasteiger partial charge in [-0.25, -0.2) is 0 Å². The summed E-state index contributed by atoms with van der Waals surface area (Å²) in [5.74, 6) is 0.774. The minimum Gasteiger partial charge on any atom is -0.147 e. The molecule has 0 aromatic carbocycles. The maximum atomic E-state index is 3.78. The minimum absolute atomic E-state index is 0.726. The van der Waals surface area contributed by atoms with E-state index in [1.165, 1.54) is 36.6 Å². The summed E-state index contributed by atoms with van der Waals surface area (Å²) in [6.07, 6.45) is 6.78. The zero-order valence-corrected chi connectivity index (χ0v) is 12.0. The van der Waals surface area contributed by atoms with Crippen LogP contribution in [0.25, 0.3) is 0 Å². The van der Waals surface area contributed by atoms with Gasteiger partial charge in [0.2, 0.25) is 0 Å². The van der Waals surface area contributed by atoms with Gasteiger partial charge in [-0.15, -0.1) is 11.3 Å². The third-order valence-electron chi connectivity index (χ3n) is 2.88. The van der Waals surface area contributed by atoms with E-state index in [4.69, 9.17) is 0 Å². The average molecular weight is 338 g/mol. The second-order valence-electron chi connectivity index (χ2n) is 3.95. The van der Waals surface area contributed by atoms with Crippen molar-refractivity contribution in [2.24, 2.45) is 0 Å². The van der Waals surface area contributed by atoms with Gasteiger partial charge in [0.25, 0.3) is 0 Å². The SMILES string of the molecule is Brc1ccsc1C1CCCCC(Br)C1. The number of thiophene rings is 1. The second kappa shape index (κ2) is 5.13. The van der Waals surface area contributed by atoms with Crippen molar-refractivity contribution < 1.29 is 0 Å². The average Bonchev–Trinajstić information content (AvgIpc) is 2.45. The minimum atomic E-state index is 0.726. The van der Waals surface area contributed by atoms with Crippen LogP contribution in [0.15, 0.2) is 15.9 Å². The molecule has 1 fully saturated rings. The van der Waals surface area contributed by atoms with Gasteiger partial charge in [-0.2, -0.15) is 0 Å². The van der Waals surface area contributed by atoms with Gasteiger partial charge < -0.3 is 0 Å². The van der Waals surface area contributed by atoms with E-state index in [1.807, 2.05) is 11.3 Å². The van der Waals surface area contributed by atoms with Crippen LogP contribution >= 0.6 is 43.2 Å². The lowest BCUT2D eigenvalue weighted by Crippen LogP contribution is -2.02. The molecule has 0 radical (unpaired) electrons. The van der Waals surface area contributed by atoms with E-state index in [0.717, 1.165) is 10.7 Å². The largest absolute Gasteiger partial charge is 0.147 e. The van der Waals surface area contributed by atoms with Crippen molar-refractivity contribution in [3.63, 3.8) is 0 Å². The first-order valence-electron chi connectivity index (χ1n) is 5.14. The van der Waals surface area contributed by atoms with Gasteiger partial charge in [-0.3, -0.25) is 0 Å². The van der Waals surface area contributed by atoms with Gasteiger partial charge >= 0.3 is 0 Å². The van der Waals surface area contributed by atoms with Gasteiger partial charge in [0.05, 0.1) is 0 Å². The van der Waals surface area contributed by atoms with Gasteiger partial charge in [0, 0.05) is 14.2 Å². The van der Waals surface area contributed by atoms with E-state index < -0.39 is 0 Å². The first-order chi connectivity index (χ1) is 6.77. The Bertz CT molecular complexity index is 295. The molecule has 1 aromatic heterocycles. The summed E-state index contributed by atoms with van der Waals surface area (Å²) in [7, 11) is 0. The molecule has 3 heteroatoms. The predicted molar refractivity (Wildman–Crippen MR) is 70.6 cm³/mol. The fraction of sp³-hybridized carbons (Fsp3) is 0.636. The number of halogens is 2. The first-order valence-corrected chi connectivity index (χ1v) is 7.73. The maximum absolute atomic E-state index is 3.78. The van der Waals surface area contributed by atoms with E-state index >= 15 is 0 Å².